The maximum absolute atomic E-state index is 14.0. The van der Waals surface area contributed by atoms with Crippen LogP contribution in [0.3, 0.4) is 0 Å². The second kappa shape index (κ2) is 7.77. The molecule has 0 aliphatic carbocycles. The summed E-state index contributed by atoms with van der Waals surface area (Å²) in [4.78, 5) is 19.7. The van der Waals surface area contributed by atoms with Crippen molar-refractivity contribution in [3.05, 3.63) is 65.8 Å². The average Bonchev–Trinajstić information content (AvgIpc) is 3.25. The summed E-state index contributed by atoms with van der Waals surface area (Å²) in [5.74, 6) is -2.28. The van der Waals surface area contributed by atoms with Crippen molar-refractivity contribution in [2.24, 2.45) is 0 Å². The molecule has 1 aliphatic heterocycles. The van der Waals surface area contributed by atoms with E-state index < -0.39 is 12.1 Å². The monoisotopic (exact) mass is 420 g/mol. The maximum atomic E-state index is 14.0. The van der Waals surface area contributed by atoms with E-state index in [4.69, 9.17) is 0 Å². The quantitative estimate of drug-likeness (QED) is 0.603. The predicted molar refractivity (Wildman–Crippen MR) is 99.3 cm³/mol. The third-order valence-electron chi connectivity index (χ3n) is 4.80. The van der Waals surface area contributed by atoms with Gasteiger partial charge in [0.1, 0.15) is 5.82 Å². The van der Waals surface area contributed by atoms with Crippen molar-refractivity contribution in [1.82, 2.24) is 15.0 Å². The smallest absolute Gasteiger partial charge is 0.366 e. The molecule has 4 rings (SSSR count). The Morgan fingerprint density at radius 2 is 1.73 bits per heavy atom. The summed E-state index contributed by atoms with van der Waals surface area (Å²) < 4.78 is 56.2. The van der Waals surface area contributed by atoms with Gasteiger partial charge >= 0.3 is 12.1 Å². The van der Waals surface area contributed by atoms with Crippen LogP contribution in [-0.4, -0.2) is 47.1 Å². The lowest BCUT2D eigenvalue weighted by Crippen LogP contribution is -2.49. The number of hydrogen-bond donors (Lipinski definition) is 0. The molecule has 2 aromatic carbocycles. The highest BCUT2D eigenvalue weighted by Crippen LogP contribution is 2.29. The van der Waals surface area contributed by atoms with Gasteiger partial charge in [0.05, 0.1) is 5.69 Å². The Hall–Kier alpha value is -3.43. The minimum absolute atomic E-state index is 0.241. The second-order valence-electron chi connectivity index (χ2n) is 6.73. The molecule has 3 aromatic rings. The van der Waals surface area contributed by atoms with Gasteiger partial charge in [0.2, 0.25) is 5.82 Å². The molecule has 0 bridgehead atoms. The van der Waals surface area contributed by atoms with Crippen LogP contribution in [0.2, 0.25) is 0 Å². The Bertz CT molecular complexity index is 1060. The van der Waals surface area contributed by atoms with Crippen molar-refractivity contribution >= 4 is 11.6 Å². The van der Waals surface area contributed by atoms with Crippen molar-refractivity contribution in [2.75, 3.05) is 31.1 Å². The molecule has 1 aliphatic rings. The second-order valence-corrected chi connectivity index (χ2v) is 6.73. The van der Waals surface area contributed by atoms with Crippen LogP contribution in [0, 0.1) is 5.82 Å². The number of halogens is 4. The third kappa shape index (κ3) is 3.98. The molecular formula is C20H16F4N4O2. The van der Waals surface area contributed by atoms with Crippen LogP contribution in [0.1, 0.15) is 16.2 Å². The summed E-state index contributed by atoms with van der Waals surface area (Å²) >= 11 is 0. The fourth-order valence-electron chi connectivity index (χ4n) is 3.29. The number of hydrogen-bond acceptors (Lipinski definition) is 5. The molecule has 0 spiro atoms. The van der Waals surface area contributed by atoms with E-state index in [1.54, 1.807) is 35.2 Å². The summed E-state index contributed by atoms with van der Waals surface area (Å²) in [7, 11) is 0. The first-order valence-corrected chi connectivity index (χ1v) is 9.13. The lowest BCUT2D eigenvalue weighted by Gasteiger charge is -2.36. The first-order valence-electron chi connectivity index (χ1n) is 9.13. The van der Waals surface area contributed by atoms with Gasteiger partial charge in [-0.15, -0.1) is 0 Å². The molecular weight excluding hydrogens is 404 g/mol. The number of amides is 1. The van der Waals surface area contributed by atoms with Crippen LogP contribution in [-0.2, 0) is 6.18 Å². The standard InChI is InChI=1S/C20H16F4N4O2/c21-15-6-1-2-7-16(15)27-8-10-28(11-9-27)18(29)14-5-3-4-13(12-14)17-25-19(30-26-17)20(22,23)24/h1-7,12H,8-11H2. The number of aromatic nitrogens is 2. The van der Waals surface area contributed by atoms with Crippen molar-refractivity contribution in [2.45, 2.75) is 6.18 Å². The highest BCUT2D eigenvalue weighted by molar-refractivity contribution is 5.95. The lowest BCUT2D eigenvalue weighted by molar-refractivity contribution is -0.159. The number of anilines is 1. The fourth-order valence-corrected chi connectivity index (χ4v) is 3.29. The van der Waals surface area contributed by atoms with Crippen molar-refractivity contribution in [3.8, 4) is 11.4 Å². The first kappa shape index (κ1) is 19.9. The number of carbonyl (C=O) groups excluding carboxylic acids is 1. The van der Waals surface area contributed by atoms with Crippen LogP contribution in [0.5, 0.6) is 0 Å². The molecule has 0 unspecified atom stereocenters. The van der Waals surface area contributed by atoms with Crippen LogP contribution < -0.4 is 4.90 Å². The van der Waals surface area contributed by atoms with Gasteiger partial charge in [-0.3, -0.25) is 4.79 Å². The van der Waals surface area contributed by atoms with Crippen LogP contribution in [0.25, 0.3) is 11.4 Å². The van der Waals surface area contributed by atoms with Gasteiger partial charge in [-0.05, 0) is 24.3 Å². The molecule has 6 nitrogen and oxygen atoms in total. The summed E-state index contributed by atoms with van der Waals surface area (Å²) in [6, 6.07) is 12.5. The van der Waals surface area contributed by atoms with E-state index in [2.05, 4.69) is 14.7 Å². The number of carbonyl (C=O) groups is 1. The number of piperazine rings is 1. The normalized spacial score (nSPS) is 14.8. The lowest BCUT2D eigenvalue weighted by atomic mass is 10.1. The molecule has 10 heteroatoms. The number of rotatable bonds is 3. The molecule has 156 valence electrons. The summed E-state index contributed by atoms with van der Waals surface area (Å²) in [5.41, 5.74) is 1.03. The van der Waals surface area contributed by atoms with E-state index >= 15 is 0 Å². The van der Waals surface area contributed by atoms with Gasteiger partial charge in [-0.1, -0.05) is 29.4 Å². The zero-order chi connectivity index (χ0) is 21.3. The molecule has 2 heterocycles. The van der Waals surface area contributed by atoms with E-state index in [0.717, 1.165) is 0 Å². The van der Waals surface area contributed by atoms with Crippen molar-refractivity contribution in [1.29, 1.82) is 0 Å². The van der Waals surface area contributed by atoms with Crippen molar-refractivity contribution in [3.63, 3.8) is 0 Å². The number of benzene rings is 2. The minimum atomic E-state index is -4.74. The maximum Gasteiger partial charge on any atom is 0.471 e. The summed E-state index contributed by atoms with van der Waals surface area (Å²) in [5, 5.41) is 3.34. The third-order valence-corrected chi connectivity index (χ3v) is 4.80. The van der Waals surface area contributed by atoms with Crippen LogP contribution in [0.4, 0.5) is 23.2 Å². The predicted octanol–water partition coefficient (Wildman–Crippen LogP) is 3.86. The van der Waals surface area contributed by atoms with Gasteiger partial charge in [0, 0.05) is 37.3 Å². The molecule has 1 saturated heterocycles. The van der Waals surface area contributed by atoms with Gasteiger partial charge in [-0.2, -0.15) is 18.2 Å². The van der Waals surface area contributed by atoms with Gasteiger partial charge in [0.15, 0.2) is 0 Å². The van der Waals surface area contributed by atoms with E-state index in [0.29, 0.717) is 37.4 Å². The van der Waals surface area contributed by atoms with E-state index in [1.807, 2.05) is 4.90 Å². The topological polar surface area (TPSA) is 62.5 Å². The fraction of sp³-hybridized carbons (Fsp3) is 0.250. The summed E-state index contributed by atoms with van der Waals surface area (Å²) in [6.07, 6.45) is -4.74. The minimum Gasteiger partial charge on any atom is -0.366 e. The number of nitrogens with zero attached hydrogens (tertiary/aromatic N) is 4. The van der Waals surface area contributed by atoms with Gasteiger partial charge < -0.3 is 14.3 Å². The van der Waals surface area contributed by atoms with Gasteiger partial charge in [0.25, 0.3) is 5.91 Å². The molecule has 1 fully saturated rings. The highest BCUT2D eigenvalue weighted by Gasteiger charge is 2.38. The molecule has 0 radical (unpaired) electrons. The largest absolute Gasteiger partial charge is 0.471 e. The van der Waals surface area contributed by atoms with Gasteiger partial charge in [-0.25, -0.2) is 4.39 Å². The molecule has 0 atom stereocenters. The molecule has 1 aromatic heterocycles. The van der Waals surface area contributed by atoms with E-state index in [-0.39, 0.29) is 23.1 Å². The van der Waals surface area contributed by atoms with Crippen LogP contribution >= 0.6 is 0 Å². The Morgan fingerprint density at radius 1 is 1.00 bits per heavy atom. The van der Waals surface area contributed by atoms with Crippen molar-refractivity contribution < 1.29 is 26.9 Å². The van der Waals surface area contributed by atoms with Crippen LogP contribution in [0.15, 0.2) is 53.1 Å². The summed E-state index contributed by atoms with van der Waals surface area (Å²) in [6.45, 7) is 1.70. The zero-order valence-electron chi connectivity index (χ0n) is 15.6. The zero-order valence-corrected chi connectivity index (χ0v) is 15.6. The van der Waals surface area contributed by atoms with E-state index in [9.17, 15) is 22.4 Å². The average molecular weight is 420 g/mol. The highest BCUT2D eigenvalue weighted by atomic mass is 19.4. The molecule has 1 amide bonds. The first-order chi connectivity index (χ1) is 14.3. The Morgan fingerprint density at radius 3 is 2.40 bits per heavy atom. The SMILES string of the molecule is O=C(c1cccc(-c2noc(C(F)(F)F)n2)c1)N1CCN(c2ccccc2F)CC1. The molecule has 30 heavy (non-hydrogen) atoms. The van der Waals surface area contributed by atoms with E-state index in [1.165, 1.54) is 18.2 Å². The molecule has 0 N–H and O–H groups in total. The Labute approximate surface area is 168 Å². The number of para-hydroxylation sites is 1. The Balaban J connectivity index is 1.46. The number of alkyl halides is 3. The Kier molecular flexibility index (Phi) is 5.15. The molecule has 0 saturated carbocycles.